The van der Waals surface area contributed by atoms with E-state index in [2.05, 4.69) is 6.92 Å². The number of carbonyl (C=O) groups excluding carboxylic acids is 2. The van der Waals surface area contributed by atoms with Crippen LogP contribution in [0.5, 0.6) is 0 Å². The maximum absolute atomic E-state index is 11.5. The third kappa shape index (κ3) is 7.97. The van der Waals surface area contributed by atoms with Crippen LogP contribution in [-0.2, 0) is 9.59 Å². The van der Waals surface area contributed by atoms with E-state index in [9.17, 15) is 9.59 Å². The Hall–Kier alpha value is -1.06. The molecule has 0 spiro atoms. The van der Waals surface area contributed by atoms with Crippen molar-refractivity contribution in [2.24, 2.45) is 0 Å². The number of hydrogen-bond donors (Lipinski definition) is 0. The summed E-state index contributed by atoms with van der Waals surface area (Å²) in [6.45, 7) is 2.75. The number of hydrogen-bond acceptors (Lipinski definition) is 2. The van der Waals surface area contributed by atoms with Crippen LogP contribution in [0, 0.1) is 0 Å². The van der Waals surface area contributed by atoms with Crippen LogP contribution in [-0.4, -0.2) is 30.3 Å². The molecule has 1 N–H and O–H groups in total. The minimum atomic E-state index is -0.519. The lowest BCUT2D eigenvalue weighted by Gasteiger charge is -2.16. The summed E-state index contributed by atoms with van der Waals surface area (Å²) in [5, 5.41) is 0. The zero-order valence-corrected chi connectivity index (χ0v) is 9.71. The highest BCUT2D eigenvalue weighted by molar-refractivity contribution is 5.75. The molecule has 0 aromatic carbocycles. The van der Waals surface area contributed by atoms with Gasteiger partial charge >= 0.3 is 0 Å². The quantitative estimate of drug-likeness (QED) is 0.575. The molecule has 0 aliphatic rings. The fourth-order valence-electron chi connectivity index (χ4n) is 1.28. The summed E-state index contributed by atoms with van der Waals surface area (Å²) in [6.07, 6.45) is 4.40. The lowest BCUT2D eigenvalue weighted by Crippen LogP contribution is -2.27. The zero-order valence-electron chi connectivity index (χ0n) is 9.71. The van der Waals surface area contributed by atoms with Crippen molar-refractivity contribution in [3.05, 3.63) is 0 Å². The summed E-state index contributed by atoms with van der Waals surface area (Å²) < 4.78 is 0. The average Bonchev–Trinajstić information content (AvgIpc) is 2.20. The van der Waals surface area contributed by atoms with Crippen LogP contribution in [0.4, 0.5) is 0 Å². The van der Waals surface area contributed by atoms with Gasteiger partial charge in [-0.2, -0.15) is 0 Å². The van der Waals surface area contributed by atoms with E-state index in [4.69, 9.17) is 5.73 Å². The molecule has 0 unspecified atom stereocenters. The van der Waals surface area contributed by atoms with Crippen molar-refractivity contribution in [1.29, 1.82) is 0 Å². The maximum atomic E-state index is 11.5. The third-order valence-corrected chi connectivity index (χ3v) is 2.32. The van der Waals surface area contributed by atoms with E-state index in [0.717, 1.165) is 19.3 Å². The number of nitrogens with zero attached hydrogens (tertiary/aromatic N) is 1. The molecule has 0 bridgehead atoms. The topological polar surface area (TPSA) is 61.2 Å². The van der Waals surface area contributed by atoms with Gasteiger partial charge in [-0.1, -0.05) is 13.3 Å². The standard InChI is InChI=1S/C11H21N2O2/c1-3-4-8-11(15)13(2)9-6-5-7-10(12)14/h12H,3-9H2,1-2H3. The van der Waals surface area contributed by atoms with Crippen molar-refractivity contribution in [3.8, 4) is 0 Å². The molecule has 0 aromatic heterocycles. The Morgan fingerprint density at radius 3 is 2.33 bits per heavy atom. The first-order chi connectivity index (χ1) is 7.07. The molecular weight excluding hydrogens is 192 g/mol. The van der Waals surface area contributed by atoms with Gasteiger partial charge in [-0.25, -0.2) is 0 Å². The van der Waals surface area contributed by atoms with Crippen LogP contribution in [0.2, 0.25) is 0 Å². The number of carbonyl (C=O) groups is 2. The van der Waals surface area contributed by atoms with Gasteiger partial charge in [0.15, 0.2) is 0 Å². The Balaban J connectivity index is 3.50. The van der Waals surface area contributed by atoms with Gasteiger partial charge in [0.25, 0.3) is 0 Å². The number of nitrogens with one attached hydrogen (secondary N) is 1. The Morgan fingerprint density at radius 1 is 1.13 bits per heavy atom. The molecule has 0 saturated carbocycles. The molecule has 0 aromatic rings. The zero-order chi connectivity index (χ0) is 11.7. The van der Waals surface area contributed by atoms with Crippen molar-refractivity contribution >= 4 is 11.8 Å². The molecule has 15 heavy (non-hydrogen) atoms. The Kier molecular flexibility index (Phi) is 7.68. The first kappa shape index (κ1) is 13.9. The second kappa shape index (κ2) is 8.26. The first-order valence-corrected chi connectivity index (χ1v) is 5.56. The molecule has 4 nitrogen and oxygen atoms in total. The van der Waals surface area contributed by atoms with Crippen LogP contribution in [0.15, 0.2) is 0 Å². The summed E-state index contributed by atoms with van der Waals surface area (Å²) in [5.74, 6) is -0.344. The Morgan fingerprint density at radius 2 is 1.80 bits per heavy atom. The lowest BCUT2D eigenvalue weighted by molar-refractivity contribution is -0.130. The molecule has 1 radical (unpaired) electrons. The lowest BCUT2D eigenvalue weighted by atomic mass is 10.2. The van der Waals surface area contributed by atoms with Crippen LogP contribution >= 0.6 is 0 Å². The maximum Gasteiger partial charge on any atom is 0.238 e. The highest BCUT2D eigenvalue weighted by Gasteiger charge is 2.07. The Bertz CT molecular complexity index is 205. The van der Waals surface area contributed by atoms with E-state index in [1.165, 1.54) is 0 Å². The molecule has 87 valence electrons. The van der Waals surface area contributed by atoms with E-state index < -0.39 is 5.91 Å². The first-order valence-electron chi connectivity index (χ1n) is 5.56. The van der Waals surface area contributed by atoms with Gasteiger partial charge in [-0.15, -0.1) is 0 Å². The molecular formula is C11H21N2O2. The van der Waals surface area contributed by atoms with Crippen molar-refractivity contribution in [1.82, 2.24) is 10.6 Å². The second-order valence-electron chi connectivity index (χ2n) is 3.80. The van der Waals surface area contributed by atoms with Gasteiger partial charge in [0.1, 0.15) is 0 Å². The monoisotopic (exact) mass is 213 g/mol. The second-order valence-corrected chi connectivity index (χ2v) is 3.80. The fourth-order valence-corrected chi connectivity index (χ4v) is 1.28. The molecule has 0 heterocycles. The SMILES string of the molecule is CCCCC(=O)N(C)CCCCC([NH])=O. The van der Waals surface area contributed by atoms with Gasteiger partial charge in [-0.3, -0.25) is 15.3 Å². The summed E-state index contributed by atoms with van der Waals surface area (Å²) in [7, 11) is 1.79. The van der Waals surface area contributed by atoms with Gasteiger partial charge in [-0.05, 0) is 19.3 Å². The van der Waals surface area contributed by atoms with Crippen molar-refractivity contribution < 1.29 is 9.59 Å². The molecule has 4 heteroatoms. The average molecular weight is 213 g/mol. The predicted octanol–water partition coefficient (Wildman–Crippen LogP) is 1.61. The largest absolute Gasteiger partial charge is 0.346 e. The number of rotatable bonds is 8. The fraction of sp³-hybridized carbons (Fsp3) is 0.818. The molecule has 0 atom stereocenters. The number of unbranched alkanes of at least 4 members (excludes halogenated alkanes) is 2. The smallest absolute Gasteiger partial charge is 0.238 e. The minimum Gasteiger partial charge on any atom is -0.346 e. The van der Waals surface area contributed by atoms with E-state index in [1.54, 1.807) is 11.9 Å². The summed E-state index contributed by atoms with van der Waals surface area (Å²) in [4.78, 5) is 23.5. The highest BCUT2D eigenvalue weighted by atomic mass is 16.2. The number of amides is 2. The summed E-state index contributed by atoms with van der Waals surface area (Å²) >= 11 is 0. The molecule has 0 aliphatic heterocycles. The molecule has 0 fully saturated rings. The van der Waals surface area contributed by atoms with Gasteiger partial charge in [0.2, 0.25) is 11.8 Å². The van der Waals surface area contributed by atoms with Gasteiger partial charge < -0.3 is 4.90 Å². The van der Waals surface area contributed by atoms with E-state index in [0.29, 0.717) is 25.8 Å². The normalized spacial score (nSPS) is 10.0. The van der Waals surface area contributed by atoms with Crippen LogP contribution < -0.4 is 5.73 Å². The van der Waals surface area contributed by atoms with Crippen LogP contribution in [0.25, 0.3) is 0 Å². The highest BCUT2D eigenvalue weighted by Crippen LogP contribution is 2.02. The van der Waals surface area contributed by atoms with E-state index in [-0.39, 0.29) is 5.91 Å². The van der Waals surface area contributed by atoms with Crippen molar-refractivity contribution in [2.45, 2.75) is 45.4 Å². The third-order valence-electron chi connectivity index (χ3n) is 2.32. The van der Waals surface area contributed by atoms with Crippen molar-refractivity contribution in [3.63, 3.8) is 0 Å². The van der Waals surface area contributed by atoms with E-state index in [1.807, 2.05) is 0 Å². The molecule has 0 aliphatic carbocycles. The summed E-state index contributed by atoms with van der Waals surface area (Å²) in [6, 6.07) is 0. The van der Waals surface area contributed by atoms with Gasteiger partial charge in [0.05, 0.1) is 0 Å². The molecule has 0 rings (SSSR count). The molecule has 0 saturated heterocycles. The van der Waals surface area contributed by atoms with Crippen molar-refractivity contribution in [2.75, 3.05) is 13.6 Å². The van der Waals surface area contributed by atoms with E-state index >= 15 is 0 Å². The minimum absolute atomic E-state index is 0.175. The van der Waals surface area contributed by atoms with Crippen LogP contribution in [0.1, 0.15) is 45.4 Å². The summed E-state index contributed by atoms with van der Waals surface area (Å²) in [5.41, 5.74) is 6.72. The predicted molar refractivity (Wildman–Crippen MR) is 59.1 cm³/mol. The van der Waals surface area contributed by atoms with Crippen LogP contribution in [0.3, 0.4) is 0 Å². The molecule has 2 amide bonds. The van der Waals surface area contributed by atoms with Gasteiger partial charge in [0, 0.05) is 26.4 Å². The Labute approximate surface area is 91.8 Å².